The van der Waals surface area contributed by atoms with E-state index in [-0.39, 0.29) is 19.1 Å². The minimum Gasteiger partial charge on any atom is -0.450 e. The maximum absolute atomic E-state index is 9.93. The lowest BCUT2D eigenvalue weighted by Gasteiger charge is -2.10. The summed E-state index contributed by atoms with van der Waals surface area (Å²) < 4.78 is 8.19. The fraction of sp³-hybridized carbons (Fsp3) is 0.714. The SMILES string of the molecule is O=C(O)OCC(CCl)OC(=O)O.OCCO. The van der Waals surface area contributed by atoms with Crippen molar-refractivity contribution in [2.45, 2.75) is 6.10 Å². The molecule has 0 aliphatic carbocycles. The van der Waals surface area contributed by atoms with Crippen LogP contribution in [0.4, 0.5) is 9.59 Å². The van der Waals surface area contributed by atoms with Gasteiger partial charge in [0.2, 0.25) is 0 Å². The van der Waals surface area contributed by atoms with Gasteiger partial charge in [-0.3, -0.25) is 0 Å². The number of ether oxygens (including phenoxy) is 2. The number of halogens is 1. The predicted molar refractivity (Wildman–Crippen MR) is 51.8 cm³/mol. The van der Waals surface area contributed by atoms with E-state index < -0.39 is 25.0 Å². The van der Waals surface area contributed by atoms with Crippen molar-refractivity contribution in [3.05, 3.63) is 0 Å². The molecule has 0 spiro atoms. The molecule has 8 nitrogen and oxygen atoms in total. The van der Waals surface area contributed by atoms with Crippen molar-refractivity contribution in [3.63, 3.8) is 0 Å². The van der Waals surface area contributed by atoms with Gasteiger partial charge in [-0.1, -0.05) is 0 Å². The van der Waals surface area contributed by atoms with Crippen LogP contribution in [0.15, 0.2) is 0 Å². The smallest absolute Gasteiger partial charge is 0.450 e. The fourth-order valence-electron chi connectivity index (χ4n) is 0.417. The van der Waals surface area contributed by atoms with E-state index in [4.69, 9.17) is 32.0 Å². The largest absolute Gasteiger partial charge is 0.506 e. The Morgan fingerprint density at radius 3 is 1.88 bits per heavy atom. The monoisotopic (exact) mass is 260 g/mol. The van der Waals surface area contributed by atoms with E-state index in [1.807, 2.05) is 0 Å². The summed E-state index contributed by atoms with van der Waals surface area (Å²) >= 11 is 5.23. The minimum absolute atomic E-state index is 0.125. The molecular formula is C7H13ClO8. The average molecular weight is 261 g/mol. The highest BCUT2D eigenvalue weighted by molar-refractivity contribution is 6.18. The lowest BCUT2D eigenvalue weighted by molar-refractivity contribution is 0.0135. The number of aliphatic hydroxyl groups excluding tert-OH is 2. The van der Waals surface area contributed by atoms with E-state index >= 15 is 0 Å². The maximum atomic E-state index is 9.93. The number of aliphatic hydroxyl groups is 2. The second kappa shape index (κ2) is 11.8. The summed E-state index contributed by atoms with van der Waals surface area (Å²) in [7, 11) is 0. The second-order valence-electron chi connectivity index (χ2n) is 2.18. The molecule has 0 heterocycles. The van der Waals surface area contributed by atoms with Gasteiger partial charge in [-0.25, -0.2) is 9.59 Å². The highest BCUT2D eigenvalue weighted by Gasteiger charge is 2.14. The van der Waals surface area contributed by atoms with Gasteiger partial charge in [-0.05, 0) is 0 Å². The third-order valence-corrected chi connectivity index (χ3v) is 1.28. The highest BCUT2D eigenvalue weighted by Crippen LogP contribution is 1.97. The number of hydrogen-bond acceptors (Lipinski definition) is 6. The van der Waals surface area contributed by atoms with Crippen LogP contribution in [0.3, 0.4) is 0 Å². The average Bonchev–Trinajstić information content (AvgIpc) is 2.23. The molecule has 1 atom stereocenters. The van der Waals surface area contributed by atoms with Crippen LogP contribution in [0.2, 0.25) is 0 Å². The third kappa shape index (κ3) is 15.2. The topological polar surface area (TPSA) is 134 Å². The summed E-state index contributed by atoms with van der Waals surface area (Å²) in [6.07, 6.45) is -3.98. The van der Waals surface area contributed by atoms with Crippen molar-refractivity contribution in [1.82, 2.24) is 0 Å². The molecule has 0 amide bonds. The molecule has 0 saturated heterocycles. The van der Waals surface area contributed by atoms with E-state index in [2.05, 4.69) is 9.47 Å². The van der Waals surface area contributed by atoms with Crippen molar-refractivity contribution in [2.75, 3.05) is 25.7 Å². The van der Waals surface area contributed by atoms with Gasteiger partial charge in [0.15, 0.2) is 6.10 Å². The van der Waals surface area contributed by atoms with Gasteiger partial charge in [0.05, 0.1) is 19.1 Å². The zero-order valence-electron chi connectivity index (χ0n) is 8.21. The molecular weight excluding hydrogens is 248 g/mol. The Bertz CT molecular complexity index is 195. The lowest BCUT2D eigenvalue weighted by Crippen LogP contribution is -2.25. The van der Waals surface area contributed by atoms with Crippen LogP contribution in [0, 0.1) is 0 Å². The van der Waals surface area contributed by atoms with Crippen LogP contribution in [0.5, 0.6) is 0 Å². The fourth-order valence-corrected chi connectivity index (χ4v) is 0.569. The van der Waals surface area contributed by atoms with E-state index in [9.17, 15) is 9.59 Å². The van der Waals surface area contributed by atoms with E-state index in [1.54, 1.807) is 0 Å². The van der Waals surface area contributed by atoms with Gasteiger partial charge in [0.25, 0.3) is 0 Å². The molecule has 0 aliphatic heterocycles. The summed E-state index contributed by atoms with van der Waals surface area (Å²) in [6, 6.07) is 0. The van der Waals surface area contributed by atoms with Crippen LogP contribution in [-0.2, 0) is 9.47 Å². The lowest BCUT2D eigenvalue weighted by atomic mass is 10.4. The molecule has 0 aliphatic rings. The van der Waals surface area contributed by atoms with Gasteiger partial charge < -0.3 is 29.9 Å². The molecule has 0 aromatic heterocycles. The molecule has 0 bridgehead atoms. The Balaban J connectivity index is 0. The van der Waals surface area contributed by atoms with Crippen LogP contribution in [0.25, 0.3) is 0 Å². The minimum atomic E-state index is -1.52. The van der Waals surface area contributed by atoms with Crippen LogP contribution in [0.1, 0.15) is 0 Å². The Kier molecular flexibility index (Phi) is 12.7. The first kappa shape index (κ1) is 17.2. The Labute approximate surface area is 96.0 Å². The molecule has 0 rings (SSSR count). The molecule has 0 fully saturated rings. The van der Waals surface area contributed by atoms with Crippen LogP contribution < -0.4 is 0 Å². The number of carboxylic acid groups (broad SMARTS) is 2. The number of rotatable bonds is 5. The number of alkyl halides is 1. The van der Waals surface area contributed by atoms with Crippen molar-refractivity contribution in [3.8, 4) is 0 Å². The normalized spacial score (nSPS) is 10.7. The highest BCUT2D eigenvalue weighted by atomic mass is 35.5. The summed E-state index contributed by atoms with van der Waals surface area (Å²) in [4.78, 5) is 19.8. The number of carbonyl (C=O) groups is 2. The molecule has 96 valence electrons. The Morgan fingerprint density at radius 2 is 1.62 bits per heavy atom. The molecule has 0 aromatic carbocycles. The standard InChI is InChI=1S/C5H7ClO6.C2H6O2/c6-1-3(12-5(9)10)2-11-4(7)8;3-1-2-4/h3H,1-2H2,(H,7,8)(H,9,10);3-4H,1-2H2. The van der Waals surface area contributed by atoms with Crippen molar-refractivity contribution in [2.24, 2.45) is 0 Å². The first-order chi connectivity index (χ1) is 7.47. The Hall–Kier alpha value is -1.25. The van der Waals surface area contributed by atoms with Crippen molar-refractivity contribution >= 4 is 23.9 Å². The van der Waals surface area contributed by atoms with Gasteiger partial charge in [-0.15, -0.1) is 11.6 Å². The van der Waals surface area contributed by atoms with Crippen LogP contribution >= 0.6 is 11.6 Å². The first-order valence-corrected chi connectivity index (χ1v) is 4.54. The molecule has 16 heavy (non-hydrogen) atoms. The van der Waals surface area contributed by atoms with Crippen LogP contribution in [-0.4, -0.2) is 64.5 Å². The molecule has 1 unspecified atom stereocenters. The van der Waals surface area contributed by atoms with E-state index in [0.717, 1.165) is 0 Å². The predicted octanol–water partition coefficient (Wildman–Crippen LogP) is -0.0460. The summed E-state index contributed by atoms with van der Waals surface area (Å²) in [5, 5.41) is 31.4. The molecule has 9 heteroatoms. The zero-order valence-corrected chi connectivity index (χ0v) is 8.96. The van der Waals surface area contributed by atoms with E-state index in [0.29, 0.717) is 0 Å². The van der Waals surface area contributed by atoms with Gasteiger partial charge in [0, 0.05) is 0 Å². The number of hydrogen-bond donors (Lipinski definition) is 4. The van der Waals surface area contributed by atoms with E-state index in [1.165, 1.54) is 0 Å². The third-order valence-electron chi connectivity index (χ3n) is 0.932. The molecule has 4 N–H and O–H groups in total. The first-order valence-electron chi connectivity index (χ1n) is 4.00. The van der Waals surface area contributed by atoms with Crippen molar-refractivity contribution in [1.29, 1.82) is 0 Å². The summed E-state index contributed by atoms with van der Waals surface area (Å²) in [5.74, 6) is -0.153. The second-order valence-corrected chi connectivity index (χ2v) is 2.49. The summed E-state index contributed by atoms with van der Waals surface area (Å²) in [5.41, 5.74) is 0. The summed E-state index contributed by atoms with van der Waals surface area (Å²) in [6.45, 7) is -0.648. The Morgan fingerprint density at radius 1 is 1.12 bits per heavy atom. The molecule has 0 saturated carbocycles. The van der Waals surface area contributed by atoms with Gasteiger partial charge in [-0.2, -0.15) is 0 Å². The van der Waals surface area contributed by atoms with Crippen molar-refractivity contribution < 1.29 is 39.5 Å². The van der Waals surface area contributed by atoms with Gasteiger partial charge in [0.1, 0.15) is 6.61 Å². The quantitative estimate of drug-likeness (QED) is 0.399. The zero-order chi connectivity index (χ0) is 13.0. The van der Waals surface area contributed by atoms with Gasteiger partial charge >= 0.3 is 12.3 Å². The molecule has 0 radical (unpaired) electrons. The molecule has 0 aromatic rings. The maximum Gasteiger partial charge on any atom is 0.506 e.